The van der Waals surface area contributed by atoms with Gasteiger partial charge in [0.25, 0.3) is 0 Å². The van der Waals surface area contributed by atoms with Gasteiger partial charge in [-0.05, 0) is 25.5 Å². The molecule has 1 atom stereocenters. The molecule has 0 unspecified atom stereocenters. The highest BCUT2D eigenvalue weighted by Gasteiger charge is 2.41. The maximum atomic E-state index is 12.9. The summed E-state index contributed by atoms with van der Waals surface area (Å²) in [5.41, 5.74) is 0.566. The van der Waals surface area contributed by atoms with E-state index in [9.17, 15) is 18.3 Å². The number of fused-ring (bicyclic) bond motifs is 1. The minimum absolute atomic E-state index is 0.0343. The SMILES string of the molecule is Oc1c(CN2CCC[C@@H](C(F)(F)F)C2)cc(Cl)c2ccccc12. The number of nitrogens with zero attached hydrogens (tertiary/aromatic N) is 1. The van der Waals surface area contributed by atoms with Gasteiger partial charge in [0.2, 0.25) is 0 Å². The summed E-state index contributed by atoms with van der Waals surface area (Å²) in [5.74, 6) is -1.20. The molecule has 23 heavy (non-hydrogen) atoms. The number of piperidine rings is 1. The van der Waals surface area contributed by atoms with Crippen molar-refractivity contribution in [3.63, 3.8) is 0 Å². The highest BCUT2D eigenvalue weighted by atomic mass is 35.5. The highest BCUT2D eigenvalue weighted by molar-refractivity contribution is 6.35. The van der Waals surface area contributed by atoms with Gasteiger partial charge in [-0.2, -0.15) is 13.2 Å². The van der Waals surface area contributed by atoms with Gasteiger partial charge in [-0.1, -0.05) is 35.9 Å². The second kappa shape index (κ2) is 6.21. The van der Waals surface area contributed by atoms with E-state index in [4.69, 9.17) is 11.6 Å². The van der Waals surface area contributed by atoms with E-state index < -0.39 is 12.1 Å². The molecule has 124 valence electrons. The lowest BCUT2D eigenvalue weighted by Crippen LogP contribution is -2.41. The first-order chi connectivity index (χ1) is 10.9. The number of hydrogen-bond donors (Lipinski definition) is 1. The summed E-state index contributed by atoms with van der Waals surface area (Å²) in [6.07, 6.45) is -3.49. The molecular formula is C17H17ClF3NO. The number of hydrogen-bond acceptors (Lipinski definition) is 2. The van der Waals surface area contributed by atoms with Gasteiger partial charge in [-0.3, -0.25) is 4.90 Å². The first-order valence-corrected chi connectivity index (χ1v) is 7.92. The van der Waals surface area contributed by atoms with Crippen molar-refractivity contribution in [2.24, 2.45) is 5.92 Å². The summed E-state index contributed by atoms with van der Waals surface area (Å²) < 4.78 is 38.7. The molecule has 0 radical (unpaired) electrons. The van der Waals surface area contributed by atoms with Gasteiger partial charge in [0.1, 0.15) is 5.75 Å². The fourth-order valence-electron chi connectivity index (χ4n) is 3.20. The average molecular weight is 344 g/mol. The van der Waals surface area contributed by atoms with Crippen molar-refractivity contribution < 1.29 is 18.3 Å². The Balaban J connectivity index is 1.85. The number of alkyl halides is 3. The van der Waals surface area contributed by atoms with Crippen LogP contribution in [0.4, 0.5) is 13.2 Å². The third-order valence-electron chi connectivity index (χ3n) is 4.41. The largest absolute Gasteiger partial charge is 0.507 e. The summed E-state index contributed by atoms with van der Waals surface area (Å²) >= 11 is 6.24. The quantitative estimate of drug-likeness (QED) is 0.832. The van der Waals surface area contributed by atoms with Crippen LogP contribution in [0.1, 0.15) is 18.4 Å². The zero-order valence-corrected chi connectivity index (χ0v) is 13.2. The van der Waals surface area contributed by atoms with Crippen LogP contribution in [0, 0.1) is 5.92 Å². The van der Waals surface area contributed by atoms with Crippen molar-refractivity contribution in [3.05, 3.63) is 40.9 Å². The maximum Gasteiger partial charge on any atom is 0.393 e. The number of likely N-dealkylation sites (tertiary alicyclic amines) is 1. The van der Waals surface area contributed by atoms with Crippen molar-refractivity contribution >= 4 is 22.4 Å². The van der Waals surface area contributed by atoms with Crippen LogP contribution in [0.25, 0.3) is 10.8 Å². The normalized spacial score (nSPS) is 20.1. The Labute approximate surface area is 137 Å². The van der Waals surface area contributed by atoms with Crippen LogP contribution in [0.15, 0.2) is 30.3 Å². The predicted octanol–water partition coefficient (Wildman–Crippen LogP) is 4.97. The molecule has 1 N–H and O–H groups in total. The van der Waals surface area contributed by atoms with E-state index in [-0.39, 0.29) is 25.3 Å². The Morgan fingerprint density at radius 1 is 1.22 bits per heavy atom. The summed E-state index contributed by atoms with van der Waals surface area (Å²) in [6.45, 7) is 0.826. The summed E-state index contributed by atoms with van der Waals surface area (Å²) in [5, 5.41) is 12.3. The minimum atomic E-state index is -4.16. The van der Waals surface area contributed by atoms with Crippen molar-refractivity contribution in [3.8, 4) is 5.75 Å². The first-order valence-electron chi connectivity index (χ1n) is 7.54. The van der Waals surface area contributed by atoms with E-state index >= 15 is 0 Å². The van der Waals surface area contributed by atoms with Crippen molar-refractivity contribution in [1.82, 2.24) is 4.90 Å². The van der Waals surface area contributed by atoms with Gasteiger partial charge in [0.15, 0.2) is 0 Å². The number of aromatic hydroxyl groups is 1. The lowest BCUT2D eigenvalue weighted by molar-refractivity contribution is -0.187. The Morgan fingerprint density at radius 2 is 1.91 bits per heavy atom. The van der Waals surface area contributed by atoms with E-state index in [0.717, 1.165) is 5.39 Å². The molecule has 6 heteroatoms. The molecule has 0 aromatic heterocycles. The van der Waals surface area contributed by atoms with Crippen molar-refractivity contribution in [1.29, 1.82) is 0 Å². The fourth-order valence-corrected chi connectivity index (χ4v) is 3.49. The Morgan fingerprint density at radius 3 is 2.61 bits per heavy atom. The van der Waals surface area contributed by atoms with Crippen LogP contribution in [0.3, 0.4) is 0 Å². The molecule has 2 nitrogen and oxygen atoms in total. The number of phenolic OH excluding ortho intramolecular Hbond substituents is 1. The van der Waals surface area contributed by atoms with Crippen LogP contribution < -0.4 is 0 Å². The summed E-state index contributed by atoms with van der Waals surface area (Å²) in [4.78, 5) is 1.74. The second-order valence-electron chi connectivity index (χ2n) is 6.03. The summed E-state index contributed by atoms with van der Waals surface area (Å²) in [6, 6.07) is 8.83. The molecule has 0 saturated carbocycles. The molecule has 3 rings (SSSR count). The zero-order chi connectivity index (χ0) is 16.6. The van der Waals surface area contributed by atoms with Crippen LogP contribution in [-0.4, -0.2) is 29.3 Å². The van der Waals surface area contributed by atoms with Crippen LogP contribution in [-0.2, 0) is 6.54 Å². The molecule has 2 aromatic carbocycles. The van der Waals surface area contributed by atoms with Gasteiger partial charge in [-0.25, -0.2) is 0 Å². The molecule has 0 amide bonds. The molecule has 2 aromatic rings. The van der Waals surface area contributed by atoms with Crippen molar-refractivity contribution in [2.45, 2.75) is 25.6 Å². The smallest absolute Gasteiger partial charge is 0.393 e. The monoisotopic (exact) mass is 343 g/mol. The molecule has 1 heterocycles. The highest BCUT2D eigenvalue weighted by Crippen LogP contribution is 2.37. The molecule has 1 aliphatic rings. The topological polar surface area (TPSA) is 23.5 Å². The van der Waals surface area contributed by atoms with Gasteiger partial charge in [0.05, 0.1) is 5.92 Å². The van der Waals surface area contributed by atoms with Gasteiger partial charge < -0.3 is 5.11 Å². The lowest BCUT2D eigenvalue weighted by Gasteiger charge is -2.33. The fraction of sp³-hybridized carbons (Fsp3) is 0.412. The Hall–Kier alpha value is -1.46. The van der Waals surface area contributed by atoms with E-state index in [0.29, 0.717) is 28.9 Å². The third kappa shape index (κ3) is 3.40. The third-order valence-corrected chi connectivity index (χ3v) is 4.72. The van der Waals surface area contributed by atoms with E-state index in [1.807, 2.05) is 12.1 Å². The minimum Gasteiger partial charge on any atom is -0.507 e. The number of rotatable bonds is 2. The number of halogens is 4. The zero-order valence-electron chi connectivity index (χ0n) is 12.4. The number of benzene rings is 2. The standard InChI is InChI=1S/C17H17ClF3NO/c18-15-8-11(16(23)14-6-2-1-5-13(14)15)9-22-7-3-4-12(10-22)17(19,20)21/h1-2,5-6,8,12,23H,3-4,7,9-10H2/t12-/m1/s1. The van der Waals surface area contributed by atoms with E-state index in [2.05, 4.69) is 0 Å². The van der Waals surface area contributed by atoms with E-state index in [1.165, 1.54) is 0 Å². The molecule has 1 fully saturated rings. The first kappa shape index (κ1) is 16.4. The summed E-state index contributed by atoms with van der Waals surface area (Å²) in [7, 11) is 0. The lowest BCUT2D eigenvalue weighted by atomic mass is 9.96. The van der Waals surface area contributed by atoms with Gasteiger partial charge >= 0.3 is 6.18 Å². The van der Waals surface area contributed by atoms with Crippen LogP contribution in [0.5, 0.6) is 5.75 Å². The average Bonchev–Trinajstić information content (AvgIpc) is 2.52. The molecular weight excluding hydrogens is 327 g/mol. The molecule has 1 saturated heterocycles. The predicted molar refractivity (Wildman–Crippen MR) is 84.7 cm³/mol. The molecule has 0 bridgehead atoms. The Bertz CT molecular complexity index is 717. The van der Waals surface area contributed by atoms with Gasteiger partial charge in [-0.15, -0.1) is 0 Å². The molecule has 1 aliphatic heterocycles. The second-order valence-corrected chi connectivity index (χ2v) is 6.43. The van der Waals surface area contributed by atoms with Gasteiger partial charge in [0, 0.05) is 34.4 Å². The van der Waals surface area contributed by atoms with Crippen LogP contribution >= 0.6 is 11.6 Å². The molecule has 0 spiro atoms. The van der Waals surface area contributed by atoms with Crippen molar-refractivity contribution in [2.75, 3.05) is 13.1 Å². The maximum absolute atomic E-state index is 12.9. The number of phenols is 1. The molecule has 0 aliphatic carbocycles. The van der Waals surface area contributed by atoms with Crippen LogP contribution in [0.2, 0.25) is 5.02 Å². The Kier molecular flexibility index (Phi) is 4.43. The van der Waals surface area contributed by atoms with E-state index in [1.54, 1.807) is 23.1 Å².